The van der Waals surface area contributed by atoms with Crippen LogP contribution < -0.4 is 5.73 Å². The topological polar surface area (TPSA) is 66.6 Å². The van der Waals surface area contributed by atoms with Crippen LogP contribution in [0.15, 0.2) is 0 Å². The minimum Gasteiger partial charge on any atom is -0.396 e. The van der Waals surface area contributed by atoms with Crippen LogP contribution in [0.2, 0.25) is 0 Å². The quantitative estimate of drug-likeness (QED) is 0.632. The van der Waals surface area contributed by atoms with Gasteiger partial charge in [-0.3, -0.25) is 4.79 Å². The number of rotatable bonds is 2. The first-order chi connectivity index (χ1) is 6.72. The maximum absolute atomic E-state index is 11.4. The Bertz CT molecular complexity index is 238. The minimum atomic E-state index is 0.0206. The predicted octanol–water partition coefficient (Wildman–Crippen LogP) is -0.434. The summed E-state index contributed by atoms with van der Waals surface area (Å²) in [6.45, 7) is 1.81. The number of carbonyl (C=O) groups is 1. The molecule has 3 N–H and O–H groups in total. The standard InChI is InChI=1S/C10H18N2O2/c11-4-9(14)12-5-8(6-13)10(7-12)2-1-3-10/h8,13H,1-7,11H2. The van der Waals surface area contributed by atoms with Crippen LogP contribution in [0.1, 0.15) is 19.3 Å². The van der Waals surface area contributed by atoms with Gasteiger partial charge in [-0.05, 0) is 18.3 Å². The first kappa shape index (κ1) is 9.93. The lowest BCUT2D eigenvalue weighted by molar-refractivity contribution is -0.129. The van der Waals surface area contributed by atoms with E-state index < -0.39 is 0 Å². The van der Waals surface area contributed by atoms with Gasteiger partial charge in [0.05, 0.1) is 6.54 Å². The molecular formula is C10H18N2O2. The Morgan fingerprint density at radius 3 is 2.64 bits per heavy atom. The lowest BCUT2D eigenvalue weighted by atomic mass is 9.63. The molecule has 0 aromatic carbocycles. The minimum absolute atomic E-state index is 0.0206. The van der Waals surface area contributed by atoms with Crippen molar-refractivity contribution >= 4 is 5.91 Å². The third-order valence-corrected chi connectivity index (χ3v) is 3.91. The zero-order valence-electron chi connectivity index (χ0n) is 8.41. The number of carbonyl (C=O) groups excluding carboxylic acids is 1. The van der Waals surface area contributed by atoms with Gasteiger partial charge in [0.2, 0.25) is 5.91 Å². The Morgan fingerprint density at radius 2 is 2.29 bits per heavy atom. The van der Waals surface area contributed by atoms with Gasteiger partial charge < -0.3 is 15.7 Å². The van der Waals surface area contributed by atoms with Crippen molar-refractivity contribution in [3.63, 3.8) is 0 Å². The molecule has 0 radical (unpaired) electrons. The van der Waals surface area contributed by atoms with Crippen LogP contribution in [-0.2, 0) is 4.79 Å². The number of aliphatic hydroxyl groups excluding tert-OH is 1. The first-order valence-corrected chi connectivity index (χ1v) is 5.30. The molecule has 1 spiro atoms. The van der Waals surface area contributed by atoms with Gasteiger partial charge in [0.1, 0.15) is 0 Å². The summed E-state index contributed by atoms with van der Waals surface area (Å²) in [6.07, 6.45) is 3.56. The predicted molar refractivity (Wildman–Crippen MR) is 52.5 cm³/mol. The molecule has 1 amide bonds. The smallest absolute Gasteiger partial charge is 0.236 e. The zero-order chi connectivity index (χ0) is 10.2. The Labute approximate surface area is 84.1 Å². The van der Waals surface area contributed by atoms with E-state index >= 15 is 0 Å². The number of likely N-dealkylation sites (tertiary alicyclic amines) is 1. The van der Waals surface area contributed by atoms with Gasteiger partial charge in [-0.1, -0.05) is 6.42 Å². The molecule has 4 nitrogen and oxygen atoms in total. The van der Waals surface area contributed by atoms with Crippen molar-refractivity contribution in [3.05, 3.63) is 0 Å². The Kier molecular flexibility index (Phi) is 2.49. The lowest BCUT2D eigenvalue weighted by Gasteiger charge is -2.42. The fraction of sp³-hybridized carbons (Fsp3) is 0.900. The summed E-state index contributed by atoms with van der Waals surface area (Å²) in [5.74, 6) is 0.305. The molecule has 1 aliphatic carbocycles. The molecule has 2 aliphatic rings. The molecule has 4 heteroatoms. The lowest BCUT2D eigenvalue weighted by Crippen LogP contribution is -2.40. The Hall–Kier alpha value is -0.610. The van der Waals surface area contributed by atoms with Gasteiger partial charge in [-0.25, -0.2) is 0 Å². The molecule has 2 rings (SSSR count). The highest BCUT2D eigenvalue weighted by Gasteiger charge is 2.50. The van der Waals surface area contributed by atoms with Gasteiger partial charge in [0, 0.05) is 25.6 Å². The fourth-order valence-corrected chi connectivity index (χ4v) is 2.80. The summed E-state index contributed by atoms with van der Waals surface area (Å²) < 4.78 is 0. The van der Waals surface area contributed by atoms with E-state index in [1.54, 1.807) is 0 Å². The second-order valence-electron chi connectivity index (χ2n) is 4.57. The van der Waals surface area contributed by atoms with Crippen molar-refractivity contribution in [2.75, 3.05) is 26.2 Å². The molecule has 0 aromatic heterocycles. The van der Waals surface area contributed by atoms with Crippen molar-refractivity contribution in [2.45, 2.75) is 19.3 Å². The average Bonchev–Trinajstić information content (AvgIpc) is 2.55. The van der Waals surface area contributed by atoms with Crippen molar-refractivity contribution in [2.24, 2.45) is 17.1 Å². The highest BCUT2D eigenvalue weighted by molar-refractivity contribution is 5.78. The number of amides is 1. The third-order valence-electron chi connectivity index (χ3n) is 3.91. The van der Waals surface area contributed by atoms with E-state index in [9.17, 15) is 9.90 Å². The van der Waals surface area contributed by atoms with Gasteiger partial charge in [-0.2, -0.15) is 0 Å². The number of nitrogens with two attached hydrogens (primary N) is 1. The van der Waals surface area contributed by atoms with Crippen molar-refractivity contribution < 1.29 is 9.90 Å². The average molecular weight is 198 g/mol. The summed E-state index contributed by atoms with van der Waals surface area (Å²) in [4.78, 5) is 13.2. The highest BCUT2D eigenvalue weighted by Crippen LogP contribution is 2.51. The monoisotopic (exact) mass is 198 g/mol. The van der Waals surface area contributed by atoms with Crippen LogP contribution in [0.3, 0.4) is 0 Å². The number of hydrogen-bond donors (Lipinski definition) is 2. The van der Waals surface area contributed by atoms with E-state index in [4.69, 9.17) is 5.73 Å². The van der Waals surface area contributed by atoms with Crippen LogP contribution in [-0.4, -0.2) is 42.2 Å². The summed E-state index contributed by atoms with van der Waals surface area (Å²) in [5.41, 5.74) is 5.57. The van der Waals surface area contributed by atoms with Crippen LogP contribution in [0.4, 0.5) is 0 Å². The van der Waals surface area contributed by atoms with Gasteiger partial charge in [-0.15, -0.1) is 0 Å². The number of hydrogen-bond acceptors (Lipinski definition) is 3. The van der Waals surface area contributed by atoms with Crippen LogP contribution >= 0.6 is 0 Å². The number of nitrogens with zero attached hydrogens (tertiary/aromatic N) is 1. The fourth-order valence-electron chi connectivity index (χ4n) is 2.80. The maximum atomic E-state index is 11.4. The summed E-state index contributed by atoms with van der Waals surface area (Å²) in [6, 6.07) is 0. The second-order valence-corrected chi connectivity index (χ2v) is 4.57. The van der Waals surface area contributed by atoms with Crippen LogP contribution in [0.25, 0.3) is 0 Å². The van der Waals surface area contributed by atoms with Crippen LogP contribution in [0.5, 0.6) is 0 Å². The normalized spacial score (nSPS) is 29.3. The molecule has 0 bridgehead atoms. The first-order valence-electron chi connectivity index (χ1n) is 5.30. The maximum Gasteiger partial charge on any atom is 0.236 e. The van der Waals surface area contributed by atoms with Gasteiger partial charge in [0.15, 0.2) is 0 Å². The Balaban J connectivity index is 2.04. The largest absolute Gasteiger partial charge is 0.396 e. The SMILES string of the molecule is NCC(=O)N1CC(CO)C2(CCC2)C1. The van der Waals surface area contributed by atoms with E-state index in [2.05, 4.69) is 0 Å². The van der Waals surface area contributed by atoms with Crippen molar-refractivity contribution in [1.29, 1.82) is 0 Å². The summed E-state index contributed by atoms with van der Waals surface area (Å²) in [5, 5.41) is 9.27. The van der Waals surface area contributed by atoms with E-state index in [-0.39, 0.29) is 30.4 Å². The molecule has 14 heavy (non-hydrogen) atoms. The molecular weight excluding hydrogens is 180 g/mol. The van der Waals surface area contributed by atoms with Gasteiger partial charge in [0.25, 0.3) is 0 Å². The second kappa shape index (κ2) is 3.51. The molecule has 0 aromatic rings. The van der Waals surface area contributed by atoms with E-state index in [0.29, 0.717) is 6.54 Å². The van der Waals surface area contributed by atoms with Gasteiger partial charge >= 0.3 is 0 Å². The third kappa shape index (κ3) is 1.33. The van der Waals surface area contributed by atoms with Crippen molar-refractivity contribution in [3.8, 4) is 0 Å². The number of aliphatic hydroxyl groups is 1. The highest BCUT2D eigenvalue weighted by atomic mass is 16.3. The molecule has 1 unspecified atom stereocenters. The summed E-state index contributed by atoms with van der Waals surface area (Å²) in [7, 11) is 0. The molecule has 80 valence electrons. The Morgan fingerprint density at radius 1 is 1.57 bits per heavy atom. The molecule has 2 fully saturated rings. The van der Waals surface area contributed by atoms with Crippen LogP contribution in [0, 0.1) is 11.3 Å². The molecule has 1 atom stereocenters. The molecule has 1 aliphatic heterocycles. The molecule has 1 saturated heterocycles. The van der Waals surface area contributed by atoms with E-state index in [0.717, 1.165) is 19.4 Å². The molecule has 1 saturated carbocycles. The van der Waals surface area contributed by atoms with E-state index in [1.807, 2.05) is 4.90 Å². The van der Waals surface area contributed by atoms with E-state index in [1.165, 1.54) is 6.42 Å². The zero-order valence-corrected chi connectivity index (χ0v) is 8.41. The molecule has 1 heterocycles. The van der Waals surface area contributed by atoms with Crippen molar-refractivity contribution in [1.82, 2.24) is 4.90 Å². The summed E-state index contributed by atoms with van der Waals surface area (Å²) >= 11 is 0.